The number of nitrogens with one attached hydrogen (secondary N) is 1. The highest BCUT2D eigenvalue weighted by Crippen LogP contribution is 2.39. The van der Waals surface area contributed by atoms with Gasteiger partial charge < -0.3 is 10.1 Å². The van der Waals surface area contributed by atoms with Gasteiger partial charge in [-0.05, 0) is 36.1 Å². The van der Waals surface area contributed by atoms with Crippen molar-refractivity contribution >= 4 is 29.3 Å². The fourth-order valence-electron chi connectivity index (χ4n) is 3.48. The third-order valence-electron chi connectivity index (χ3n) is 4.52. The molecule has 2 aromatic rings. The highest BCUT2D eigenvalue weighted by Gasteiger charge is 2.41. The Hall–Kier alpha value is -3.28. The van der Waals surface area contributed by atoms with Gasteiger partial charge in [0.25, 0.3) is 0 Å². The topological polar surface area (TPSA) is 89.5 Å². The van der Waals surface area contributed by atoms with Crippen molar-refractivity contribution in [2.75, 3.05) is 5.32 Å². The van der Waals surface area contributed by atoms with Crippen molar-refractivity contribution in [3.8, 4) is 0 Å². The van der Waals surface area contributed by atoms with Crippen LogP contribution in [-0.2, 0) is 32.0 Å². The first-order valence-electron chi connectivity index (χ1n) is 9.29. The van der Waals surface area contributed by atoms with Gasteiger partial charge in [0.15, 0.2) is 5.78 Å². The SMILES string of the molecule is CC(=O)Nc1cccc(CC2(C)Cc3ccccc3C2=O)c1.CC(=O)OC(C)=O. The minimum atomic E-state index is -0.562. The second-order valence-corrected chi connectivity index (χ2v) is 7.37. The first-order valence-corrected chi connectivity index (χ1v) is 9.29. The van der Waals surface area contributed by atoms with Gasteiger partial charge in [-0.15, -0.1) is 0 Å². The fourth-order valence-corrected chi connectivity index (χ4v) is 3.48. The molecule has 6 heteroatoms. The number of hydrogen-bond acceptors (Lipinski definition) is 5. The average Bonchev–Trinajstić information content (AvgIpc) is 2.85. The number of carbonyl (C=O) groups is 4. The number of fused-ring (bicyclic) bond motifs is 1. The Morgan fingerprint density at radius 2 is 1.66 bits per heavy atom. The Morgan fingerprint density at radius 1 is 1.00 bits per heavy atom. The van der Waals surface area contributed by atoms with Gasteiger partial charge in [0.05, 0.1) is 0 Å². The smallest absolute Gasteiger partial charge is 0.310 e. The fraction of sp³-hybridized carbons (Fsp3) is 0.304. The van der Waals surface area contributed by atoms with E-state index in [0.29, 0.717) is 6.42 Å². The maximum absolute atomic E-state index is 12.7. The summed E-state index contributed by atoms with van der Waals surface area (Å²) in [6, 6.07) is 15.6. The summed E-state index contributed by atoms with van der Waals surface area (Å²) in [4.78, 5) is 43.5. The lowest BCUT2D eigenvalue weighted by molar-refractivity contribution is -0.156. The average molecular weight is 395 g/mol. The van der Waals surface area contributed by atoms with E-state index >= 15 is 0 Å². The molecule has 0 aliphatic heterocycles. The molecule has 1 amide bonds. The summed E-state index contributed by atoms with van der Waals surface area (Å²) in [6.45, 7) is 5.88. The number of esters is 2. The predicted octanol–water partition coefficient (Wildman–Crippen LogP) is 3.73. The maximum Gasteiger partial charge on any atom is 0.310 e. The zero-order valence-corrected chi connectivity index (χ0v) is 17.1. The van der Waals surface area contributed by atoms with Crippen LogP contribution in [0.2, 0.25) is 0 Å². The third-order valence-corrected chi connectivity index (χ3v) is 4.52. The van der Waals surface area contributed by atoms with Crippen LogP contribution in [0, 0.1) is 5.41 Å². The Kier molecular flexibility index (Phi) is 7.04. The van der Waals surface area contributed by atoms with Crippen LogP contribution in [-0.4, -0.2) is 23.6 Å². The van der Waals surface area contributed by atoms with Gasteiger partial charge in [-0.3, -0.25) is 19.2 Å². The highest BCUT2D eigenvalue weighted by molar-refractivity contribution is 6.04. The van der Waals surface area contributed by atoms with Crippen LogP contribution < -0.4 is 5.32 Å². The molecule has 0 radical (unpaired) electrons. The lowest BCUT2D eigenvalue weighted by atomic mass is 9.80. The molecule has 2 aromatic carbocycles. The summed E-state index contributed by atoms with van der Waals surface area (Å²) in [5.41, 5.74) is 3.42. The van der Waals surface area contributed by atoms with Gasteiger partial charge in [0, 0.05) is 37.4 Å². The van der Waals surface area contributed by atoms with E-state index in [1.54, 1.807) is 0 Å². The Bertz CT molecular complexity index is 938. The molecule has 0 heterocycles. The van der Waals surface area contributed by atoms with Crippen molar-refractivity contribution in [2.24, 2.45) is 5.41 Å². The Labute approximate surface area is 170 Å². The van der Waals surface area contributed by atoms with Crippen LogP contribution in [0.5, 0.6) is 0 Å². The quantitative estimate of drug-likeness (QED) is 0.632. The van der Waals surface area contributed by atoms with Gasteiger partial charge in [-0.1, -0.05) is 43.3 Å². The van der Waals surface area contributed by atoms with Crippen LogP contribution in [0.4, 0.5) is 5.69 Å². The number of ketones is 1. The van der Waals surface area contributed by atoms with E-state index in [-0.39, 0.29) is 11.7 Å². The minimum Gasteiger partial charge on any atom is -0.394 e. The first-order chi connectivity index (χ1) is 13.6. The molecule has 0 aromatic heterocycles. The molecule has 1 aliphatic carbocycles. The molecule has 152 valence electrons. The van der Waals surface area contributed by atoms with Gasteiger partial charge in [0.1, 0.15) is 0 Å². The number of rotatable bonds is 3. The highest BCUT2D eigenvalue weighted by atomic mass is 16.6. The van der Waals surface area contributed by atoms with Crippen molar-refractivity contribution in [3.63, 3.8) is 0 Å². The number of Topliss-reactive ketones (excluding diaryl/α,β-unsaturated/α-hetero) is 1. The summed E-state index contributed by atoms with van der Waals surface area (Å²) in [7, 11) is 0. The predicted molar refractivity (Wildman–Crippen MR) is 109 cm³/mol. The number of anilines is 1. The molecule has 1 unspecified atom stereocenters. The second kappa shape index (κ2) is 9.28. The molecular formula is C23H25NO5. The minimum absolute atomic E-state index is 0.0901. The molecule has 1 N–H and O–H groups in total. The molecule has 0 spiro atoms. The molecule has 29 heavy (non-hydrogen) atoms. The van der Waals surface area contributed by atoms with E-state index in [1.165, 1.54) is 20.8 Å². The van der Waals surface area contributed by atoms with E-state index in [0.717, 1.165) is 28.8 Å². The van der Waals surface area contributed by atoms with Crippen LogP contribution >= 0.6 is 0 Å². The van der Waals surface area contributed by atoms with Crippen molar-refractivity contribution in [1.82, 2.24) is 0 Å². The molecule has 0 saturated carbocycles. The van der Waals surface area contributed by atoms with E-state index < -0.39 is 17.4 Å². The van der Waals surface area contributed by atoms with Crippen molar-refractivity contribution in [3.05, 3.63) is 65.2 Å². The van der Waals surface area contributed by atoms with Crippen LogP contribution in [0.3, 0.4) is 0 Å². The molecule has 3 rings (SSSR count). The van der Waals surface area contributed by atoms with Crippen LogP contribution in [0.1, 0.15) is 49.2 Å². The third kappa shape index (κ3) is 6.10. The van der Waals surface area contributed by atoms with E-state index in [4.69, 9.17) is 0 Å². The van der Waals surface area contributed by atoms with E-state index in [1.807, 2.05) is 55.5 Å². The monoisotopic (exact) mass is 395 g/mol. The summed E-state index contributed by atoms with van der Waals surface area (Å²) < 4.78 is 3.97. The number of carbonyl (C=O) groups excluding carboxylic acids is 4. The normalized spacial score (nSPS) is 16.9. The Morgan fingerprint density at radius 3 is 2.21 bits per heavy atom. The summed E-state index contributed by atoms with van der Waals surface area (Å²) in [6.07, 6.45) is 1.44. The summed E-state index contributed by atoms with van der Waals surface area (Å²) in [5, 5.41) is 2.79. The van der Waals surface area contributed by atoms with Crippen LogP contribution in [0.25, 0.3) is 0 Å². The largest absolute Gasteiger partial charge is 0.394 e. The van der Waals surface area contributed by atoms with Gasteiger partial charge in [0.2, 0.25) is 5.91 Å². The summed E-state index contributed by atoms with van der Waals surface area (Å²) >= 11 is 0. The van der Waals surface area contributed by atoms with E-state index in [2.05, 4.69) is 10.1 Å². The number of hydrogen-bond donors (Lipinski definition) is 1. The standard InChI is InChI=1S/C19H19NO2.C4H6O3/c1-13(21)20-16-8-5-6-14(10-16)11-19(2)12-15-7-3-4-9-17(15)18(19)22;1-3(5)7-4(2)6/h3-10H,11-12H2,1-2H3,(H,20,21);1-2H3. The summed E-state index contributed by atoms with van der Waals surface area (Å²) in [5.74, 6) is -0.999. The zero-order valence-electron chi connectivity index (χ0n) is 17.1. The number of ether oxygens (including phenoxy) is 1. The van der Waals surface area contributed by atoms with Crippen molar-refractivity contribution in [2.45, 2.75) is 40.5 Å². The van der Waals surface area contributed by atoms with Crippen molar-refractivity contribution < 1.29 is 23.9 Å². The van der Waals surface area contributed by atoms with Crippen LogP contribution in [0.15, 0.2) is 48.5 Å². The van der Waals surface area contributed by atoms with Gasteiger partial charge in [-0.25, -0.2) is 0 Å². The number of benzene rings is 2. The Balaban J connectivity index is 0.000000370. The lowest BCUT2D eigenvalue weighted by Crippen LogP contribution is -2.26. The molecule has 1 aliphatic rings. The first kappa shape index (κ1) is 22.0. The second-order valence-electron chi connectivity index (χ2n) is 7.37. The molecule has 0 fully saturated rings. The maximum atomic E-state index is 12.7. The van der Waals surface area contributed by atoms with Gasteiger partial charge in [-0.2, -0.15) is 0 Å². The molecular weight excluding hydrogens is 370 g/mol. The number of amides is 1. The molecule has 6 nitrogen and oxygen atoms in total. The molecule has 0 saturated heterocycles. The lowest BCUT2D eigenvalue weighted by Gasteiger charge is -2.22. The molecule has 1 atom stereocenters. The zero-order chi connectivity index (χ0) is 21.6. The molecule has 0 bridgehead atoms. The van der Waals surface area contributed by atoms with E-state index in [9.17, 15) is 19.2 Å². The van der Waals surface area contributed by atoms with Gasteiger partial charge >= 0.3 is 11.9 Å². The van der Waals surface area contributed by atoms with Crippen molar-refractivity contribution in [1.29, 1.82) is 0 Å².